The second kappa shape index (κ2) is 6.48. The van der Waals surface area contributed by atoms with Crippen LogP contribution in [0.3, 0.4) is 0 Å². The van der Waals surface area contributed by atoms with E-state index in [0.29, 0.717) is 5.02 Å². The highest BCUT2D eigenvalue weighted by Gasteiger charge is 2.22. The average Bonchev–Trinajstić information content (AvgIpc) is 2.47. The molecule has 0 heterocycles. The van der Waals surface area contributed by atoms with Gasteiger partial charge in [-0.1, -0.05) is 35.9 Å². The molecule has 0 aliphatic heterocycles. The van der Waals surface area contributed by atoms with Crippen LogP contribution in [0.4, 0.5) is 0 Å². The minimum absolute atomic E-state index is 0.0500. The summed E-state index contributed by atoms with van der Waals surface area (Å²) in [5.74, 6) is -1.20. The molecule has 0 unspecified atom stereocenters. The van der Waals surface area contributed by atoms with Gasteiger partial charge in [0.05, 0.1) is 4.90 Å². The topological polar surface area (TPSA) is 74.7 Å². The molecule has 1 N–H and O–H groups in total. The summed E-state index contributed by atoms with van der Waals surface area (Å²) in [4.78, 5) is 10.7. The molecule has 7 heteroatoms. The first-order chi connectivity index (χ1) is 10.3. The van der Waals surface area contributed by atoms with Crippen LogP contribution in [0.15, 0.2) is 53.4 Å². The molecule has 116 valence electrons. The number of benzene rings is 2. The first-order valence-electron chi connectivity index (χ1n) is 6.35. The molecule has 22 heavy (non-hydrogen) atoms. The smallest absolute Gasteiger partial charge is 0.318 e. The maximum Gasteiger partial charge on any atom is 0.318 e. The van der Waals surface area contributed by atoms with Crippen LogP contribution in [-0.2, 0) is 14.8 Å². The van der Waals surface area contributed by atoms with Crippen molar-refractivity contribution in [2.75, 3.05) is 13.6 Å². The molecule has 0 saturated carbocycles. The monoisotopic (exact) mass is 339 g/mol. The lowest BCUT2D eigenvalue weighted by Gasteiger charge is -2.15. The molecule has 2 aromatic rings. The Labute approximate surface area is 133 Å². The Morgan fingerprint density at radius 1 is 1.05 bits per heavy atom. The van der Waals surface area contributed by atoms with Gasteiger partial charge in [0.1, 0.15) is 6.54 Å². The lowest BCUT2D eigenvalue weighted by atomic mass is 10.1. The fourth-order valence-corrected chi connectivity index (χ4v) is 3.16. The second-order valence-electron chi connectivity index (χ2n) is 4.69. The molecule has 2 rings (SSSR count). The van der Waals surface area contributed by atoms with Gasteiger partial charge in [-0.15, -0.1) is 0 Å². The summed E-state index contributed by atoms with van der Waals surface area (Å²) < 4.78 is 25.2. The van der Waals surface area contributed by atoms with Gasteiger partial charge in [-0.2, -0.15) is 4.31 Å². The number of likely N-dealkylation sites (N-methyl/N-ethyl adjacent to an activating group) is 1. The second-order valence-corrected chi connectivity index (χ2v) is 7.17. The number of nitrogens with zero attached hydrogens (tertiary/aromatic N) is 1. The van der Waals surface area contributed by atoms with Crippen molar-refractivity contribution in [2.45, 2.75) is 4.90 Å². The van der Waals surface area contributed by atoms with Gasteiger partial charge >= 0.3 is 5.97 Å². The van der Waals surface area contributed by atoms with E-state index in [-0.39, 0.29) is 4.90 Å². The number of carbonyl (C=O) groups is 1. The van der Waals surface area contributed by atoms with E-state index in [1.807, 2.05) is 12.1 Å². The zero-order chi connectivity index (χ0) is 16.3. The molecule has 0 aliphatic rings. The number of aliphatic carboxylic acids is 1. The molecule has 0 amide bonds. The first-order valence-corrected chi connectivity index (χ1v) is 8.16. The SMILES string of the molecule is CN(CC(=O)O)S(=O)(=O)c1ccc(-c2ccc(Cl)cc2)cc1. The molecule has 0 aliphatic carbocycles. The van der Waals surface area contributed by atoms with E-state index in [4.69, 9.17) is 16.7 Å². The molecule has 0 bridgehead atoms. The predicted octanol–water partition coefficient (Wildman–Crippen LogP) is 2.71. The average molecular weight is 340 g/mol. The first kappa shape index (κ1) is 16.5. The molecule has 5 nitrogen and oxygen atoms in total. The molecular formula is C15H14ClNO4S. The maximum atomic E-state index is 12.2. The Hall–Kier alpha value is -1.89. The van der Waals surface area contributed by atoms with Gasteiger partial charge in [-0.3, -0.25) is 4.79 Å². The van der Waals surface area contributed by atoms with Gasteiger partial charge in [0, 0.05) is 12.1 Å². The summed E-state index contributed by atoms with van der Waals surface area (Å²) in [6.45, 7) is -0.582. The molecule has 2 aromatic carbocycles. The lowest BCUT2D eigenvalue weighted by molar-refractivity contribution is -0.137. The van der Waals surface area contributed by atoms with Gasteiger partial charge in [-0.25, -0.2) is 8.42 Å². The number of sulfonamides is 1. The molecule has 0 radical (unpaired) electrons. The zero-order valence-electron chi connectivity index (χ0n) is 11.7. The fourth-order valence-electron chi connectivity index (χ4n) is 1.92. The lowest BCUT2D eigenvalue weighted by Crippen LogP contribution is -2.31. The van der Waals surface area contributed by atoms with Crippen LogP contribution in [0.25, 0.3) is 11.1 Å². The molecule has 0 atom stereocenters. The van der Waals surface area contributed by atoms with Gasteiger partial charge in [0.25, 0.3) is 0 Å². The Morgan fingerprint density at radius 3 is 1.95 bits per heavy atom. The van der Waals surface area contributed by atoms with E-state index in [9.17, 15) is 13.2 Å². The van der Waals surface area contributed by atoms with Crippen molar-refractivity contribution in [1.82, 2.24) is 4.31 Å². The summed E-state index contributed by atoms with van der Waals surface area (Å²) in [6.07, 6.45) is 0. The van der Waals surface area contributed by atoms with Crippen LogP contribution in [0.2, 0.25) is 5.02 Å². The van der Waals surface area contributed by atoms with E-state index in [0.717, 1.165) is 15.4 Å². The fraction of sp³-hybridized carbons (Fsp3) is 0.133. The molecule has 0 saturated heterocycles. The minimum atomic E-state index is -3.81. The van der Waals surface area contributed by atoms with Crippen molar-refractivity contribution in [3.05, 3.63) is 53.6 Å². The Bertz CT molecular complexity index is 770. The minimum Gasteiger partial charge on any atom is -0.480 e. The van der Waals surface area contributed by atoms with Crippen LogP contribution in [0, 0.1) is 0 Å². The van der Waals surface area contributed by atoms with E-state index >= 15 is 0 Å². The molecule has 0 aromatic heterocycles. The Balaban J connectivity index is 2.28. The van der Waals surface area contributed by atoms with Crippen LogP contribution in [-0.4, -0.2) is 37.4 Å². The summed E-state index contributed by atoms with van der Waals surface area (Å²) in [5.41, 5.74) is 1.75. The van der Waals surface area contributed by atoms with Crippen molar-refractivity contribution in [3.63, 3.8) is 0 Å². The Kier molecular flexibility index (Phi) is 4.85. The highest BCUT2D eigenvalue weighted by atomic mass is 35.5. The molecule has 0 fully saturated rings. The third-order valence-corrected chi connectivity index (χ3v) is 5.17. The summed E-state index contributed by atoms with van der Waals surface area (Å²) in [5, 5.41) is 9.32. The highest BCUT2D eigenvalue weighted by molar-refractivity contribution is 7.89. The van der Waals surface area contributed by atoms with Gasteiger partial charge < -0.3 is 5.11 Å². The van der Waals surface area contributed by atoms with E-state index in [1.165, 1.54) is 19.2 Å². The number of hydrogen-bond donors (Lipinski definition) is 1. The van der Waals surface area contributed by atoms with Crippen molar-refractivity contribution in [1.29, 1.82) is 0 Å². The Morgan fingerprint density at radius 2 is 1.50 bits per heavy atom. The van der Waals surface area contributed by atoms with Crippen LogP contribution >= 0.6 is 11.6 Å². The van der Waals surface area contributed by atoms with Crippen molar-refractivity contribution in [3.8, 4) is 11.1 Å². The standard InChI is InChI=1S/C15H14ClNO4S/c1-17(10-15(18)19)22(20,21)14-8-4-12(5-9-14)11-2-6-13(16)7-3-11/h2-9H,10H2,1H3,(H,18,19). The number of rotatable bonds is 5. The number of carboxylic acids is 1. The predicted molar refractivity (Wildman–Crippen MR) is 84.3 cm³/mol. The van der Waals surface area contributed by atoms with Gasteiger partial charge in [0.15, 0.2) is 0 Å². The van der Waals surface area contributed by atoms with Crippen LogP contribution < -0.4 is 0 Å². The highest BCUT2D eigenvalue weighted by Crippen LogP contribution is 2.24. The van der Waals surface area contributed by atoms with Crippen molar-refractivity contribution in [2.24, 2.45) is 0 Å². The number of hydrogen-bond acceptors (Lipinski definition) is 3. The largest absolute Gasteiger partial charge is 0.480 e. The third kappa shape index (κ3) is 3.65. The van der Waals surface area contributed by atoms with Crippen LogP contribution in [0.5, 0.6) is 0 Å². The number of halogens is 1. The summed E-state index contributed by atoms with van der Waals surface area (Å²) in [7, 11) is -2.58. The molecular weight excluding hydrogens is 326 g/mol. The normalized spacial score (nSPS) is 11.6. The molecule has 0 spiro atoms. The van der Waals surface area contributed by atoms with Crippen molar-refractivity contribution < 1.29 is 18.3 Å². The van der Waals surface area contributed by atoms with Crippen molar-refractivity contribution >= 4 is 27.6 Å². The van der Waals surface area contributed by atoms with E-state index in [1.54, 1.807) is 24.3 Å². The zero-order valence-corrected chi connectivity index (χ0v) is 13.3. The quantitative estimate of drug-likeness (QED) is 0.908. The van der Waals surface area contributed by atoms with Gasteiger partial charge in [0.2, 0.25) is 10.0 Å². The summed E-state index contributed by atoms with van der Waals surface area (Å²) >= 11 is 5.83. The third-order valence-electron chi connectivity index (χ3n) is 3.10. The maximum absolute atomic E-state index is 12.2. The van der Waals surface area contributed by atoms with E-state index < -0.39 is 22.5 Å². The number of carboxylic acid groups (broad SMARTS) is 1. The summed E-state index contributed by atoms with van der Waals surface area (Å²) in [6, 6.07) is 13.4. The van der Waals surface area contributed by atoms with Crippen LogP contribution in [0.1, 0.15) is 0 Å². The van der Waals surface area contributed by atoms with E-state index in [2.05, 4.69) is 0 Å². The van der Waals surface area contributed by atoms with Gasteiger partial charge in [-0.05, 0) is 35.4 Å².